The molecule has 1 fully saturated rings. The molecular weight excluding hydrogens is 418 g/mol. The molecule has 33 heavy (non-hydrogen) atoms. The van der Waals surface area contributed by atoms with E-state index in [1.54, 1.807) is 14.2 Å². The van der Waals surface area contributed by atoms with Gasteiger partial charge in [0.25, 0.3) is 0 Å². The van der Waals surface area contributed by atoms with Gasteiger partial charge in [0.2, 0.25) is 5.95 Å². The minimum Gasteiger partial charge on any atom is -0.497 e. The number of carboxylic acid groups (broad SMARTS) is 1. The second-order valence-electron chi connectivity index (χ2n) is 8.13. The minimum absolute atomic E-state index is 0.0305. The summed E-state index contributed by atoms with van der Waals surface area (Å²) in [6, 6.07) is 16.0. The van der Waals surface area contributed by atoms with Crippen molar-refractivity contribution in [2.24, 2.45) is 0 Å². The molecule has 0 bridgehead atoms. The fourth-order valence-corrected chi connectivity index (χ4v) is 4.45. The Bertz CT molecular complexity index is 1100. The third-order valence-corrected chi connectivity index (χ3v) is 6.11. The molecule has 1 saturated heterocycles. The van der Waals surface area contributed by atoms with Crippen LogP contribution in [0, 0.1) is 0 Å². The molecule has 0 radical (unpaired) electrons. The summed E-state index contributed by atoms with van der Waals surface area (Å²) >= 11 is 0. The number of ether oxygens (including phenoxy) is 2. The number of hydrogen-bond donors (Lipinski definition) is 1. The Hall–Kier alpha value is -3.61. The quantitative estimate of drug-likeness (QED) is 0.508. The van der Waals surface area contributed by atoms with Gasteiger partial charge in [0.15, 0.2) is 0 Å². The number of hydrogen-bond acceptors (Lipinski definition) is 6. The van der Waals surface area contributed by atoms with Gasteiger partial charge < -0.3 is 19.5 Å². The number of aromatic carboxylic acids is 1. The van der Waals surface area contributed by atoms with Crippen LogP contribution in [0.15, 0.2) is 54.7 Å². The van der Waals surface area contributed by atoms with E-state index in [-0.39, 0.29) is 11.6 Å². The number of methoxy groups -OCH3 is 2. The Morgan fingerprint density at radius 3 is 2.67 bits per heavy atom. The van der Waals surface area contributed by atoms with E-state index in [1.165, 1.54) is 11.8 Å². The van der Waals surface area contributed by atoms with Crippen LogP contribution >= 0.6 is 0 Å². The van der Waals surface area contributed by atoms with E-state index in [0.29, 0.717) is 18.1 Å². The molecular formula is C26H29N3O4. The topological polar surface area (TPSA) is 84.8 Å². The molecule has 4 rings (SSSR count). The van der Waals surface area contributed by atoms with Crippen molar-refractivity contribution in [3.63, 3.8) is 0 Å². The molecule has 0 unspecified atom stereocenters. The summed E-state index contributed by atoms with van der Waals surface area (Å²) < 4.78 is 11.0. The number of aromatic nitrogens is 2. The third-order valence-electron chi connectivity index (χ3n) is 6.11. The summed E-state index contributed by atoms with van der Waals surface area (Å²) in [4.78, 5) is 23.1. The van der Waals surface area contributed by atoms with Gasteiger partial charge in [-0.25, -0.2) is 14.8 Å². The Kier molecular flexibility index (Phi) is 7.07. The van der Waals surface area contributed by atoms with Crippen molar-refractivity contribution < 1.29 is 19.4 Å². The molecule has 7 heteroatoms. The Labute approximate surface area is 194 Å². The molecule has 2 heterocycles. The highest BCUT2D eigenvalue weighted by molar-refractivity contribution is 5.88. The highest BCUT2D eigenvalue weighted by Crippen LogP contribution is 2.40. The molecule has 0 aliphatic carbocycles. The number of aryl methyl sites for hydroxylation is 2. The lowest BCUT2D eigenvalue weighted by Gasteiger charge is -2.27. The van der Waals surface area contributed by atoms with Crippen LogP contribution in [-0.2, 0) is 12.8 Å². The average Bonchev–Trinajstić information content (AvgIpc) is 3.34. The van der Waals surface area contributed by atoms with Gasteiger partial charge >= 0.3 is 5.97 Å². The molecule has 0 spiro atoms. The van der Waals surface area contributed by atoms with Crippen molar-refractivity contribution in [2.75, 3.05) is 25.7 Å². The number of nitrogens with zero attached hydrogens (tertiary/aromatic N) is 3. The van der Waals surface area contributed by atoms with Gasteiger partial charge in [0.1, 0.15) is 11.5 Å². The Morgan fingerprint density at radius 1 is 1.12 bits per heavy atom. The standard InChI is InChI=1S/C26H29N3O4/c1-32-19-13-14-24(33-2)20(16-19)23-12-7-15-29(23)26-27-17-21(25(30)31)22(28-26)11-6-10-18-8-4-3-5-9-18/h3-5,8-9,13-14,16-17,23H,6-7,10-12,15H2,1-2H3,(H,30,31)/t23-/m0/s1. The van der Waals surface area contributed by atoms with E-state index in [0.717, 1.165) is 49.3 Å². The van der Waals surface area contributed by atoms with Crippen LogP contribution in [0.4, 0.5) is 5.95 Å². The number of benzene rings is 2. The van der Waals surface area contributed by atoms with E-state index < -0.39 is 5.97 Å². The van der Waals surface area contributed by atoms with Gasteiger partial charge in [-0.1, -0.05) is 30.3 Å². The third kappa shape index (κ3) is 5.08. The van der Waals surface area contributed by atoms with Crippen LogP contribution < -0.4 is 14.4 Å². The van der Waals surface area contributed by atoms with E-state index >= 15 is 0 Å². The van der Waals surface area contributed by atoms with E-state index in [1.807, 2.05) is 36.4 Å². The average molecular weight is 448 g/mol. The van der Waals surface area contributed by atoms with Gasteiger partial charge in [-0.3, -0.25) is 0 Å². The van der Waals surface area contributed by atoms with Crippen molar-refractivity contribution in [2.45, 2.75) is 38.1 Å². The second kappa shape index (κ2) is 10.3. The van der Waals surface area contributed by atoms with Crippen molar-refractivity contribution in [1.82, 2.24) is 9.97 Å². The summed E-state index contributed by atoms with van der Waals surface area (Å²) in [5, 5.41) is 9.67. The fraction of sp³-hybridized carbons (Fsp3) is 0.346. The maximum absolute atomic E-state index is 11.8. The largest absolute Gasteiger partial charge is 0.497 e. The Balaban J connectivity index is 1.60. The zero-order chi connectivity index (χ0) is 23.2. The van der Waals surface area contributed by atoms with Crippen LogP contribution in [-0.4, -0.2) is 41.8 Å². The van der Waals surface area contributed by atoms with E-state index in [4.69, 9.17) is 14.5 Å². The van der Waals surface area contributed by atoms with E-state index in [2.05, 4.69) is 22.0 Å². The zero-order valence-corrected chi connectivity index (χ0v) is 19.0. The van der Waals surface area contributed by atoms with Gasteiger partial charge in [0.05, 0.1) is 31.5 Å². The molecule has 1 aromatic heterocycles. The predicted octanol–water partition coefficient (Wildman–Crippen LogP) is 4.71. The van der Waals surface area contributed by atoms with Gasteiger partial charge in [0, 0.05) is 18.3 Å². The van der Waals surface area contributed by atoms with Gasteiger partial charge in [-0.05, 0) is 55.9 Å². The van der Waals surface area contributed by atoms with Crippen molar-refractivity contribution in [1.29, 1.82) is 0 Å². The molecule has 1 aliphatic rings. The van der Waals surface area contributed by atoms with Crippen LogP contribution in [0.2, 0.25) is 0 Å². The smallest absolute Gasteiger partial charge is 0.339 e. The SMILES string of the molecule is COc1ccc(OC)c([C@@H]2CCCN2c2ncc(C(=O)O)c(CCCc3ccccc3)n2)c1. The number of carboxylic acids is 1. The Morgan fingerprint density at radius 2 is 1.94 bits per heavy atom. The zero-order valence-electron chi connectivity index (χ0n) is 19.0. The maximum atomic E-state index is 11.8. The first kappa shape index (κ1) is 22.6. The highest BCUT2D eigenvalue weighted by atomic mass is 16.5. The number of rotatable bonds is 9. The van der Waals surface area contributed by atoms with Crippen molar-refractivity contribution >= 4 is 11.9 Å². The van der Waals surface area contributed by atoms with Crippen LogP contribution in [0.1, 0.15) is 52.5 Å². The van der Waals surface area contributed by atoms with Gasteiger partial charge in [-0.15, -0.1) is 0 Å². The summed E-state index contributed by atoms with van der Waals surface area (Å²) in [6.07, 6.45) is 5.61. The van der Waals surface area contributed by atoms with Crippen LogP contribution in [0.25, 0.3) is 0 Å². The highest BCUT2D eigenvalue weighted by Gasteiger charge is 2.31. The molecule has 7 nitrogen and oxygen atoms in total. The van der Waals surface area contributed by atoms with Crippen molar-refractivity contribution in [3.8, 4) is 11.5 Å². The summed E-state index contributed by atoms with van der Waals surface area (Å²) in [5.74, 6) is 1.12. The normalized spacial score (nSPS) is 15.5. The molecule has 3 aromatic rings. The first-order valence-electron chi connectivity index (χ1n) is 11.2. The number of carbonyl (C=O) groups is 1. The van der Waals surface area contributed by atoms with Gasteiger partial charge in [-0.2, -0.15) is 0 Å². The lowest BCUT2D eigenvalue weighted by Crippen LogP contribution is -2.26. The second-order valence-corrected chi connectivity index (χ2v) is 8.13. The predicted molar refractivity (Wildman–Crippen MR) is 126 cm³/mol. The maximum Gasteiger partial charge on any atom is 0.339 e. The lowest BCUT2D eigenvalue weighted by molar-refractivity contribution is 0.0694. The monoisotopic (exact) mass is 447 g/mol. The summed E-state index contributed by atoms with van der Waals surface area (Å²) in [7, 11) is 3.31. The van der Waals surface area contributed by atoms with Crippen molar-refractivity contribution in [3.05, 3.63) is 77.1 Å². The number of anilines is 1. The molecule has 172 valence electrons. The van der Waals surface area contributed by atoms with Crippen LogP contribution in [0.3, 0.4) is 0 Å². The summed E-state index contributed by atoms with van der Waals surface area (Å²) in [6.45, 7) is 0.793. The van der Waals surface area contributed by atoms with E-state index in [9.17, 15) is 9.90 Å². The summed E-state index contributed by atoms with van der Waals surface area (Å²) in [5.41, 5.74) is 2.99. The molecule has 2 aromatic carbocycles. The molecule has 1 N–H and O–H groups in total. The molecule has 1 aliphatic heterocycles. The first-order chi connectivity index (χ1) is 16.1. The van der Waals surface area contributed by atoms with Crippen LogP contribution in [0.5, 0.6) is 11.5 Å². The first-order valence-corrected chi connectivity index (χ1v) is 11.2. The molecule has 1 atom stereocenters. The molecule has 0 amide bonds. The fourth-order valence-electron chi connectivity index (χ4n) is 4.45. The lowest BCUT2D eigenvalue weighted by atomic mass is 10.0. The minimum atomic E-state index is -0.997. The molecule has 0 saturated carbocycles.